The van der Waals surface area contributed by atoms with Crippen molar-refractivity contribution in [3.05, 3.63) is 35.4 Å². The van der Waals surface area contributed by atoms with Crippen molar-refractivity contribution in [2.24, 2.45) is 11.7 Å². The standard InChI is InChI=1S/C16H26N2O.ClH/c1-12(2)10-14-4-6-15(7-5-14)11-16(19)18-9-8-13(3)17;/h4-7,12-13H,8-11,17H2,1-3H3,(H,18,19);1H. The lowest BCUT2D eigenvalue weighted by Crippen LogP contribution is -2.29. The average Bonchev–Trinajstić information content (AvgIpc) is 2.30. The van der Waals surface area contributed by atoms with Gasteiger partial charge in [-0.25, -0.2) is 0 Å². The van der Waals surface area contributed by atoms with Gasteiger partial charge >= 0.3 is 0 Å². The van der Waals surface area contributed by atoms with Crippen molar-refractivity contribution in [2.75, 3.05) is 6.54 Å². The van der Waals surface area contributed by atoms with Crippen LogP contribution in [-0.4, -0.2) is 18.5 Å². The van der Waals surface area contributed by atoms with Crippen molar-refractivity contribution in [1.29, 1.82) is 0 Å². The maximum absolute atomic E-state index is 11.7. The van der Waals surface area contributed by atoms with Crippen molar-refractivity contribution >= 4 is 18.3 Å². The normalized spacial score (nSPS) is 11.8. The molecule has 3 nitrogen and oxygen atoms in total. The number of benzene rings is 1. The van der Waals surface area contributed by atoms with Crippen LogP contribution in [0.4, 0.5) is 0 Å². The molecule has 114 valence electrons. The molecule has 3 N–H and O–H groups in total. The summed E-state index contributed by atoms with van der Waals surface area (Å²) in [6.45, 7) is 7.02. The van der Waals surface area contributed by atoms with Gasteiger partial charge in [0.05, 0.1) is 6.42 Å². The minimum Gasteiger partial charge on any atom is -0.356 e. The average molecular weight is 299 g/mol. The highest BCUT2D eigenvalue weighted by molar-refractivity contribution is 5.85. The van der Waals surface area contributed by atoms with Gasteiger partial charge < -0.3 is 11.1 Å². The first kappa shape index (κ1) is 18.9. The summed E-state index contributed by atoms with van der Waals surface area (Å²) in [5, 5.41) is 2.89. The quantitative estimate of drug-likeness (QED) is 0.813. The first-order valence-corrected chi connectivity index (χ1v) is 7.07. The summed E-state index contributed by atoms with van der Waals surface area (Å²) in [4.78, 5) is 11.7. The molecule has 0 radical (unpaired) electrons. The molecule has 1 amide bonds. The van der Waals surface area contributed by atoms with E-state index < -0.39 is 0 Å². The minimum atomic E-state index is 0. The molecule has 0 saturated carbocycles. The third-order valence-corrected chi connectivity index (χ3v) is 2.95. The molecule has 0 saturated heterocycles. The summed E-state index contributed by atoms with van der Waals surface area (Å²) in [5.74, 6) is 0.727. The number of halogens is 1. The van der Waals surface area contributed by atoms with Gasteiger partial charge in [-0.15, -0.1) is 12.4 Å². The van der Waals surface area contributed by atoms with E-state index in [2.05, 4.69) is 31.3 Å². The highest BCUT2D eigenvalue weighted by Gasteiger charge is 2.04. The number of hydrogen-bond acceptors (Lipinski definition) is 2. The molecule has 4 heteroatoms. The zero-order valence-corrected chi connectivity index (χ0v) is 13.5. The van der Waals surface area contributed by atoms with Gasteiger partial charge in [0.25, 0.3) is 0 Å². The van der Waals surface area contributed by atoms with Gasteiger partial charge in [-0.3, -0.25) is 4.79 Å². The second kappa shape index (κ2) is 9.78. The SMILES string of the molecule is CC(C)Cc1ccc(CC(=O)NCCC(C)N)cc1.Cl. The van der Waals surface area contributed by atoms with Crippen molar-refractivity contribution in [3.63, 3.8) is 0 Å². The van der Waals surface area contributed by atoms with Crippen LogP contribution in [0.3, 0.4) is 0 Å². The number of rotatable bonds is 7. The van der Waals surface area contributed by atoms with Crippen molar-refractivity contribution in [1.82, 2.24) is 5.32 Å². The highest BCUT2D eigenvalue weighted by Crippen LogP contribution is 2.10. The summed E-state index contributed by atoms with van der Waals surface area (Å²) >= 11 is 0. The van der Waals surface area contributed by atoms with E-state index >= 15 is 0 Å². The fourth-order valence-electron chi connectivity index (χ4n) is 1.95. The van der Waals surface area contributed by atoms with E-state index in [1.165, 1.54) is 5.56 Å². The van der Waals surface area contributed by atoms with E-state index in [-0.39, 0.29) is 24.4 Å². The fraction of sp³-hybridized carbons (Fsp3) is 0.562. The first-order valence-electron chi connectivity index (χ1n) is 7.07. The minimum absolute atomic E-state index is 0. The third-order valence-electron chi connectivity index (χ3n) is 2.95. The molecule has 1 aromatic rings. The Bertz CT molecular complexity index is 388. The largest absolute Gasteiger partial charge is 0.356 e. The van der Waals surface area contributed by atoms with E-state index in [0.717, 1.165) is 18.4 Å². The van der Waals surface area contributed by atoms with Crippen molar-refractivity contribution < 1.29 is 4.79 Å². The monoisotopic (exact) mass is 298 g/mol. The molecule has 0 heterocycles. The molecule has 1 unspecified atom stereocenters. The molecule has 0 aliphatic carbocycles. The van der Waals surface area contributed by atoms with Crippen LogP contribution >= 0.6 is 12.4 Å². The van der Waals surface area contributed by atoms with Crippen LogP contribution in [0.25, 0.3) is 0 Å². The highest BCUT2D eigenvalue weighted by atomic mass is 35.5. The molecule has 0 aliphatic rings. The molecule has 0 bridgehead atoms. The van der Waals surface area contributed by atoms with Crippen LogP contribution in [0, 0.1) is 5.92 Å². The van der Waals surface area contributed by atoms with Gasteiger partial charge in [-0.1, -0.05) is 38.1 Å². The predicted molar refractivity (Wildman–Crippen MR) is 87.2 cm³/mol. The fourth-order valence-corrected chi connectivity index (χ4v) is 1.95. The van der Waals surface area contributed by atoms with E-state index in [1.807, 2.05) is 19.1 Å². The molecule has 20 heavy (non-hydrogen) atoms. The first-order chi connectivity index (χ1) is 8.97. The smallest absolute Gasteiger partial charge is 0.224 e. The Kier molecular flexibility index (Phi) is 9.26. The summed E-state index contributed by atoms with van der Waals surface area (Å²) in [5.41, 5.74) is 8.03. The Labute approximate surface area is 128 Å². The number of nitrogens with two attached hydrogens (primary N) is 1. The van der Waals surface area contributed by atoms with Gasteiger partial charge in [-0.2, -0.15) is 0 Å². The Morgan fingerprint density at radius 2 is 1.70 bits per heavy atom. The van der Waals surface area contributed by atoms with Gasteiger partial charge in [0.15, 0.2) is 0 Å². The molecular weight excluding hydrogens is 272 g/mol. The Morgan fingerprint density at radius 1 is 1.15 bits per heavy atom. The summed E-state index contributed by atoms with van der Waals surface area (Å²) in [6.07, 6.45) is 2.35. The maximum atomic E-state index is 11.7. The molecule has 1 atom stereocenters. The van der Waals surface area contributed by atoms with Gasteiger partial charge in [-0.05, 0) is 36.8 Å². The molecule has 1 rings (SSSR count). The van der Waals surface area contributed by atoms with E-state index in [0.29, 0.717) is 18.9 Å². The lowest BCUT2D eigenvalue weighted by Gasteiger charge is -2.08. The second-order valence-corrected chi connectivity index (χ2v) is 5.71. The summed E-state index contributed by atoms with van der Waals surface area (Å²) in [7, 11) is 0. The number of nitrogens with one attached hydrogen (secondary N) is 1. The van der Waals surface area contributed by atoms with Crippen LogP contribution in [0.5, 0.6) is 0 Å². The zero-order chi connectivity index (χ0) is 14.3. The lowest BCUT2D eigenvalue weighted by molar-refractivity contribution is -0.120. The van der Waals surface area contributed by atoms with Gasteiger partial charge in [0.1, 0.15) is 0 Å². The van der Waals surface area contributed by atoms with Crippen LogP contribution in [0.1, 0.15) is 38.3 Å². The van der Waals surface area contributed by atoms with Crippen LogP contribution in [0.15, 0.2) is 24.3 Å². The van der Waals surface area contributed by atoms with Crippen LogP contribution in [-0.2, 0) is 17.6 Å². The van der Waals surface area contributed by atoms with E-state index in [4.69, 9.17) is 5.73 Å². The Morgan fingerprint density at radius 3 is 2.20 bits per heavy atom. The summed E-state index contributed by atoms with van der Waals surface area (Å²) in [6, 6.07) is 8.46. The topological polar surface area (TPSA) is 55.1 Å². The number of hydrogen-bond donors (Lipinski definition) is 2. The second-order valence-electron chi connectivity index (χ2n) is 5.71. The molecule has 0 aromatic heterocycles. The third kappa shape index (κ3) is 8.18. The number of amides is 1. The molecular formula is C16H27ClN2O. The Balaban J connectivity index is 0.00000361. The van der Waals surface area contributed by atoms with Crippen LogP contribution < -0.4 is 11.1 Å². The lowest BCUT2D eigenvalue weighted by atomic mass is 10.0. The predicted octanol–water partition coefficient (Wildman–Crippen LogP) is 2.70. The van der Waals surface area contributed by atoms with Gasteiger partial charge in [0.2, 0.25) is 5.91 Å². The van der Waals surface area contributed by atoms with Crippen LogP contribution in [0.2, 0.25) is 0 Å². The van der Waals surface area contributed by atoms with Crippen molar-refractivity contribution in [2.45, 2.75) is 46.1 Å². The molecule has 0 aliphatic heterocycles. The number of carbonyl (C=O) groups is 1. The van der Waals surface area contributed by atoms with E-state index in [1.54, 1.807) is 0 Å². The summed E-state index contributed by atoms with van der Waals surface area (Å²) < 4.78 is 0. The Hall–Kier alpha value is -1.06. The van der Waals surface area contributed by atoms with Crippen molar-refractivity contribution in [3.8, 4) is 0 Å². The molecule has 1 aromatic carbocycles. The maximum Gasteiger partial charge on any atom is 0.224 e. The molecule has 0 fully saturated rings. The van der Waals surface area contributed by atoms with Gasteiger partial charge in [0, 0.05) is 12.6 Å². The van der Waals surface area contributed by atoms with E-state index in [9.17, 15) is 4.79 Å². The molecule has 0 spiro atoms. The zero-order valence-electron chi connectivity index (χ0n) is 12.7. The number of carbonyl (C=O) groups excluding carboxylic acids is 1.